The summed E-state index contributed by atoms with van der Waals surface area (Å²) in [5.41, 5.74) is -0.0949. The minimum Gasteiger partial charge on any atom is -0.369 e. The summed E-state index contributed by atoms with van der Waals surface area (Å²) in [5, 5.41) is 12.1. The zero-order valence-electron chi connectivity index (χ0n) is 15.5. The first-order valence-electron chi connectivity index (χ1n) is 9.12. The zero-order valence-corrected chi connectivity index (χ0v) is 16.3. The maximum atomic E-state index is 12.9. The fourth-order valence-corrected chi connectivity index (χ4v) is 3.88. The average molecular weight is 413 g/mol. The first-order valence-corrected chi connectivity index (χ1v) is 9.93. The minimum atomic E-state index is -4.35. The molecule has 152 valence electrons. The van der Waals surface area contributed by atoms with Crippen molar-refractivity contribution in [3.8, 4) is 0 Å². The number of hydrogen-bond acceptors (Lipinski definition) is 6. The van der Waals surface area contributed by atoms with Gasteiger partial charge in [-0.05, 0) is 24.6 Å². The van der Waals surface area contributed by atoms with E-state index in [1.165, 1.54) is 23.5 Å². The highest BCUT2D eigenvalue weighted by Crippen LogP contribution is 2.31. The lowest BCUT2D eigenvalue weighted by molar-refractivity contribution is -0.137. The van der Waals surface area contributed by atoms with Crippen molar-refractivity contribution < 1.29 is 18.0 Å². The third-order valence-corrected chi connectivity index (χ3v) is 5.35. The van der Waals surface area contributed by atoms with Gasteiger partial charge in [0.2, 0.25) is 11.0 Å². The molecule has 28 heavy (non-hydrogen) atoms. The quantitative estimate of drug-likeness (QED) is 0.788. The van der Waals surface area contributed by atoms with Gasteiger partial charge >= 0.3 is 6.18 Å². The molecule has 1 aliphatic heterocycles. The lowest BCUT2D eigenvalue weighted by atomic mass is 10.1. The lowest BCUT2D eigenvalue weighted by Gasteiger charge is -2.35. The van der Waals surface area contributed by atoms with E-state index in [1.54, 1.807) is 6.07 Å². The number of benzene rings is 1. The SMILES string of the molecule is CCCc1nnc(NC(=O)CN2CCN(c3cccc(C(F)(F)F)c3)CC2)s1. The number of hydrogen-bond donors (Lipinski definition) is 1. The van der Waals surface area contributed by atoms with Crippen LogP contribution >= 0.6 is 11.3 Å². The van der Waals surface area contributed by atoms with Crippen LogP contribution in [-0.4, -0.2) is 53.7 Å². The molecular formula is C18H22F3N5OS. The van der Waals surface area contributed by atoms with E-state index >= 15 is 0 Å². The Kier molecular flexibility index (Phi) is 6.50. The molecule has 6 nitrogen and oxygen atoms in total. The number of piperazine rings is 1. The number of halogens is 3. The summed E-state index contributed by atoms with van der Waals surface area (Å²) in [6, 6.07) is 5.35. The van der Waals surface area contributed by atoms with Gasteiger partial charge in [0.1, 0.15) is 5.01 Å². The van der Waals surface area contributed by atoms with Crippen LogP contribution in [0.25, 0.3) is 0 Å². The summed E-state index contributed by atoms with van der Waals surface area (Å²) < 4.78 is 38.7. The molecule has 1 aromatic carbocycles. The molecule has 1 N–H and O–H groups in total. The summed E-state index contributed by atoms with van der Waals surface area (Å²) in [4.78, 5) is 16.1. The van der Waals surface area contributed by atoms with Crippen LogP contribution < -0.4 is 10.2 Å². The molecule has 1 amide bonds. The predicted molar refractivity (Wildman–Crippen MR) is 103 cm³/mol. The summed E-state index contributed by atoms with van der Waals surface area (Å²) in [6.45, 7) is 4.60. The number of carbonyl (C=O) groups excluding carboxylic acids is 1. The summed E-state index contributed by atoms with van der Waals surface area (Å²) in [7, 11) is 0. The van der Waals surface area contributed by atoms with Crippen LogP contribution in [0.4, 0.5) is 24.0 Å². The molecule has 0 saturated carbocycles. The van der Waals surface area contributed by atoms with E-state index in [-0.39, 0.29) is 12.5 Å². The fourth-order valence-electron chi connectivity index (χ4n) is 3.02. The number of nitrogens with zero attached hydrogens (tertiary/aromatic N) is 4. The van der Waals surface area contributed by atoms with E-state index in [1.807, 2.05) is 9.80 Å². The normalized spacial score (nSPS) is 15.6. The van der Waals surface area contributed by atoms with Gasteiger partial charge in [-0.3, -0.25) is 15.0 Å². The molecule has 0 radical (unpaired) electrons. The second-order valence-electron chi connectivity index (χ2n) is 6.61. The highest BCUT2D eigenvalue weighted by Gasteiger charge is 2.31. The number of rotatable bonds is 6. The lowest BCUT2D eigenvalue weighted by Crippen LogP contribution is -2.48. The highest BCUT2D eigenvalue weighted by atomic mass is 32.1. The Morgan fingerprint density at radius 3 is 2.64 bits per heavy atom. The van der Waals surface area contributed by atoms with Crippen molar-refractivity contribution >= 4 is 28.1 Å². The van der Waals surface area contributed by atoms with Gasteiger partial charge in [0.05, 0.1) is 12.1 Å². The number of amides is 1. The van der Waals surface area contributed by atoms with Crippen molar-refractivity contribution in [2.24, 2.45) is 0 Å². The molecule has 3 rings (SSSR count). The first-order chi connectivity index (χ1) is 13.3. The van der Waals surface area contributed by atoms with Crippen molar-refractivity contribution in [1.29, 1.82) is 0 Å². The van der Waals surface area contributed by atoms with Crippen LogP contribution in [0.2, 0.25) is 0 Å². The van der Waals surface area contributed by atoms with Gasteiger partial charge < -0.3 is 4.90 Å². The Bertz CT molecular complexity index is 803. The molecule has 0 bridgehead atoms. The van der Waals surface area contributed by atoms with E-state index < -0.39 is 11.7 Å². The minimum absolute atomic E-state index is 0.160. The van der Waals surface area contributed by atoms with Crippen molar-refractivity contribution in [3.05, 3.63) is 34.8 Å². The average Bonchev–Trinajstić information content (AvgIpc) is 3.09. The van der Waals surface area contributed by atoms with Gasteiger partial charge in [0, 0.05) is 38.3 Å². The molecule has 2 aromatic rings. The molecule has 1 fully saturated rings. The summed E-state index contributed by atoms with van der Waals surface area (Å²) >= 11 is 1.38. The first kappa shape index (κ1) is 20.5. The highest BCUT2D eigenvalue weighted by molar-refractivity contribution is 7.15. The van der Waals surface area contributed by atoms with Crippen molar-refractivity contribution in [1.82, 2.24) is 15.1 Å². The Hall–Kier alpha value is -2.20. The van der Waals surface area contributed by atoms with Gasteiger partial charge in [0.25, 0.3) is 0 Å². The maximum Gasteiger partial charge on any atom is 0.416 e. The van der Waals surface area contributed by atoms with E-state index in [0.29, 0.717) is 37.0 Å². The van der Waals surface area contributed by atoms with E-state index in [9.17, 15) is 18.0 Å². The molecule has 1 saturated heterocycles. The van der Waals surface area contributed by atoms with E-state index in [4.69, 9.17) is 0 Å². The molecule has 0 unspecified atom stereocenters. The third-order valence-electron chi connectivity index (χ3n) is 4.46. The standard InChI is InChI=1S/C18H22F3N5OS/c1-2-4-16-23-24-17(28-16)22-15(27)12-25-7-9-26(10-8-25)14-6-3-5-13(11-14)18(19,20)21/h3,5-6,11H,2,4,7-10,12H2,1H3,(H,22,24,27). The topological polar surface area (TPSA) is 61.4 Å². The molecule has 0 spiro atoms. The van der Waals surface area contributed by atoms with Crippen LogP contribution in [0.1, 0.15) is 23.9 Å². The largest absolute Gasteiger partial charge is 0.416 e. The number of alkyl halides is 3. The van der Waals surface area contributed by atoms with Gasteiger partial charge in [0.15, 0.2) is 0 Å². The number of anilines is 2. The predicted octanol–water partition coefficient (Wildman–Crippen LogP) is 3.27. The smallest absolute Gasteiger partial charge is 0.369 e. The van der Waals surface area contributed by atoms with Gasteiger partial charge in [-0.15, -0.1) is 10.2 Å². The molecule has 1 aromatic heterocycles. The second-order valence-corrected chi connectivity index (χ2v) is 7.67. The fraction of sp³-hybridized carbons (Fsp3) is 0.500. The van der Waals surface area contributed by atoms with Crippen LogP contribution in [-0.2, 0) is 17.4 Å². The Balaban J connectivity index is 1.49. The van der Waals surface area contributed by atoms with Gasteiger partial charge in [-0.2, -0.15) is 13.2 Å². The Morgan fingerprint density at radius 2 is 1.96 bits per heavy atom. The van der Waals surface area contributed by atoms with Crippen molar-refractivity contribution in [3.63, 3.8) is 0 Å². The maximum absolute atomic E-state index is 12.9. The Morgan fingerprint density at radius 1 is 1.21 bits per heavy atom. The zero-order chi connectivity index (χ0) is 20.1. The number of aromatic nitrogens is 2. The molecule has 2 heterocycles. The molecule has 0 aliphatic carbocycles. The van der Waals surface area contributed by atoms with Crippen LogP contribution in [0.5, 0.6) is 0 Å². The molecule has 10 heteroatoms. The van der Waals surface area contributed by atoms with Crippen molar-refractivity contribution in [2.75, 3.05) is 42.9 Å². The van der Waals surface area contributed by atoms with E-state index in [2.05, 4.69) is 22.4 Å². The third kappa shape index (κ3) is 5.41. The van der Waals surface area contributed by atoms with Crippen molar-refractivity contribution in [2.45, 2.75) is 25.9 Å². The summed E-state index contributed by atoms with van der Waals surface area (Å²) in [6.07, 6.45) is -2.54. The van der Waals surface area contributed by atoms with Gasteiger partial charge in [-0.25, -0.2) is 0 Å². The van der Waals surface area contributed by atoms with Gasteiger partial charge in [-0.1, -0.05) is 24.3 Å². The summed E-state index contributed by atoms with van der Waals surface area (Å²) in [5.74, 6) is -0.160. The Labute approximate surface area is 165 Å². The number of nitrogens with one attached hydrogen (secondary N) is 1. The van der Waals surface area contributed by atoms with Crippen LogP contribution in [0.3, 0.4) is 0 Å². The van der Waals surface area contributed by atoms with E-state index in [0.717, 1.165) is 23.9 Å². The van der Waals surface area contributed by atoms with Crippen LogP contribution in [0, 0.1) is 0 Å². The molecular weight excluding hydrogens is 391 g/mol. The van der Waals surface area contributed by atoms with Crippen LogP contribution in [0.15, 0.2) is 24.3 Å². The molecule has 0 atom stereocenters. The molecule has 1 aliphatic rings. The number of aryl methyl sites for hydroxylation is 1. The second kappa shape index (κ2) is 8.87. The number of carbonyl (C=O) groups is 1. The monoisotopic (exact) mass is 413 g/mol.